The number of pyridine rings is 1. The van der Waals surface area contributed by atoms with E-state index in [1.807, 2.05) is 0 Å². The lowest BCUT2D eigenvalue weighted by molar-refractivity contribution is 0.575. The van der Waals surface area contributed by atoms with Gasteiger partial charge in [-0.3, -0.25) is 0 Å². The van der Waals surface area contributed by atoms with Crippen molar-refractivity contribution in [1.29, 1.82) is 0 Å². The van der Waals surface area contributed by atoms with E-state index >= 15 is 0 Å². The second-order valence-corrected chi connectivity index (χ2v) is 3.04. The molecule has 2 rings (SSSR count). The number of hydrogen-bond donors (Lipinski definition) is 1. The van der Waals surface area contributed by atoms with Crippen LogP contribution < -0.4 is 5.32 Å². The molecule has 0 amide bonds. The van der Waals surface area contributed by atoms with E-state index in [1.54, 1.807) is 12.3 Å². The van der Waals surface area contributed by atoms with E-state index in [0.29, 0.717) is 12.2 Å². The van der Waals surface area contributed by atoms with Gasteiger partial charge in [-0.1, -0.05) is 0 Å². The summed E-state index contributed by atoms with van der Waals surface area (Å²) in [5.41, 5.74) is 0.695. The van der Waals surface area contributed by atoms with Crippen LogP contribution in [0.3, 0.4) is 0 Å². The molecule has 2 aromatic heterocycles. The van der Waals surface area contributed by atoms with Gasteiger partial charge in [-0.05, 0) is 6.07 Å². The minimum Gasteiger partial charge on any atom is -0.362 e. The largest absolute Gasteiger partial charge is 0.362 e. The van der Waals surface area contributed by atoms with Gasteiger partial charge in [-0.15, -0.1) is 0 Å². The molecule has 4 nitrogen and oxygen atoms in total. The number of nitrogens with zero attached hydrogens (tertiary/aromatic N) is 3. The van der Waals surface area contributed by atoms with Crippen LogP contribution in [0.15, 0.2) is 30.9 Å². The molecule has 16 heavy (non-hydrogen) atoms. The number of halogens is 2. The van der Waals surface area contributed by atoms with Gasteiger partial charge in [-0.25, -0.2) is 23.7 Å². The van der Waals surface area contributed by atoms with Crippen LogP contribution in [0, 0.1) is 11.6 Å². The molecular weight excluding hydrogens is 214 g/mol. The fourth-order valence-corrected chi connectivity index (χ4v) is 1.14. The topological polar surface area (TPSA) is 50.7 Å². The Morgan fingerprint density at radius 1 is 1.25 bits per heavy atom. The quantitative estimate of drug-likeness (QED) is 0.859. The van der Waals surface area contributed by atoms with Gasteiger partial charge in [0.05, 0.1) is 18.4 Å². The highest BCUT2D eigenvalue weighted by molar-refractivity contribution is 5.36. The molecule has 0 saturated heterocycles. The van der Waals surface area contributed by atoms with Crippen molar-refractivity contribution in [3.05, 3.63) is 48.2 Å². The Kier molecular flexibility index (Phi) is 3.00. The summed E-state index contributed by atoms with van der Waals surface area (Å²) in [7, 11) is 0. The zero-order valence-electron chi connectivity index (χ0n) is 8.19. The fraction of sp³-hybridized carbons (Fsp3) is 0.100. The fourth-order valence-electron chi connectivity index (χ4n) is 1.14. The summed E-state index contributed by atoms with van der Waals surface area (Å²) in [6.07, 6.45) is 3.93. The molecule has 2 heterocycles. The average molecular weight is 222 g/mol. The molecule has 0 aliphatic carbocycles. The van der Waals surface area contributed by atoms with Crippen LogP contribution in [0.2, 0.25) is 0 Å². The summed E-state index contributed by atoms with van der Waals surface area (Å²) in [6, 6.07) is 2.46. The smallest absolute Gasteiger partial charge is 0.168 e. The molecule has 0 aliphatic heterocycles. The second-order valence-electron chi connectivity index (χ2n) is 3.04. The van der Waals surface area contributed by atoms with Crippen LogP contribution >= 0.6 is 0 Å². The third kappa shape index (κ3) is 2.47. The first kappa shape index (κ1) is 10.4. The third-order valence-corrected chi connectivity index (χ3v) is 1.89. The van der Waals surface area contributed by atoms with E-state index < -0.39 is 11.6 Å². The molecule has 0 bridgehead atoms. The first-order valence-electron chi connectivity index (χ1n) is 4.55. The molecule has 0 spiro atoms. The van der Waals surface area contributed by atoms with Crippen molar-refractivity contribution in [3.8, 4) is 0 Å². The first-order valence-corrected chi connectivity index (χ1v) is 4.55. The molecule has 1 N–H and O–H groups in total. The highest BCUT2D eigenvalue weighted by Gasteiger charge is 2.04. The van der Waals surface area contributed by atoms with Crippen LogP contribution in [0.1, 0.15) is 5.69 Å². The van der Waals surface area contributed by atoms with E-state index in [-0.39, 0.29) is 5.82 Å². The Balaban J connectivity index is 2.05. The van der Waals surface area contributed by atoms with Gasteiger partial charge in [0.2, 0.25) is 0 Å². The molecule has 0 saturated carbocycles. The molecule has 0 radical (unpaired) electrons. The molecule has 2 aromatic rings. The number of anilines is 1. The monoisotopic (exact) mass is 222 g/mol. The second kappa shape index (κ2) is 4.61. The van der Waals surface area contributed by atoms with Gasteiger partial charge in [0, 0.05) is 12.3 Å². The van der Waals surface area contributed by atoms with Crippen molar-refractivity contribution < 1.29 is 8.78 Å². The van der Waals surface area contributed by atoms with Gasteiger partial charge >= 0.3 is 0 Å². The van der Waals surface area contributed by atoms with Crippen molar-refractivity contribution in [2.45, 2.75) is 6.54 Å². The summed E-state index contributed by atoms with van der Waals surface area (Å²) in [5.74, 6) is -1.43. The SMILES string of the molecule is Fc1cnc(NCc2ccncn2)c(F)c1. The maximum atomic E-state index is 13.2. The summed E-state index contributed by atoms with van der Waals surface area (Å²) in [5, 5.41) is 2.71. The Morgan fingerprint density at radius 3 is 2.81 bits per heavy atom. The Labute approximate surface area is 90.4 Å². The van der Waals surface area contributed by atoms with Crippen LogP contribution in [0.4, 0.5) is 14.6 Å². The van der Waals surface area contributed by atoms with Crippen LogP contribution in [0.25, 0.3) is 0 Å². The third-order valence-electron chi connectivity index (χ3n) is 1.89. The van der Waals surface area contributed by atoms with Gasteiger partial charge in [0.1, 0.15) is 12.1 Å². The summed E-state index contributed by atoms with van der Waals surface area (Å²) in [6.45, 7) is 0.304. The standard InChI is InChI=1S/C10H8F2N4/c11-7-3-9(12)10(14-4-7)15-5-8-1-2-13-6-16-8/h1-4,6H,5H2,(H,14,15). The van der Waals surface area contributed by atoms with Gasteiger partial charge in [0.25, 0.3) is 0 Å². The lowest BCUT2D eigenvalue weighted by atomic mass is 10.4. The van der Waals surface area contributed by atoms with Crippen molar-refractivity contribution in [3.63, 3.8) is 0 Å². The Morgan fingerprint density at radius 2 is 2.12 bits per heavy atom. The molecular formula is C10H8F2N4. The van der Waals surface area contributed by atoms with Crippen molar-refractivity contribution >= 4 is 5.82 Å². The van der Waals surface area contributed by atoms with E-state index in [0.717, 1.165) is 12.3 Å². The van der Waals surface area contributed by atoms with Crippen molar-refractivity contribution in [1.82, 2.24) is 15.0 Å². The van der Waals surface area contributed by atoms with Crippen molar-refractivity contribution in [2.24, 2.45) is 0 Å². The minimum atomic E-state index is -0.728. The van der Waals surface area contributed by atoms with Gasteiger partial charge in [0.15, 0.2) is 11.6 Å². The van der Waals surface area contributed by atoms with Crippen LogP contribution in [-0.4, -0.2) is 15.0 Å². The van der Waals surface area contributed by atoms with Crippen LogP contribution in [-0.2, 0) is 6.54 Å². The molecule has 0 aromatic carbocycles. The maximum absolute atomic E-state index is 13.2. The molecule has 0 unspecified atom stereocenters. The number of hydrogen-bond acceptors (Lipinski definition) is 4. The van der Waals surface area contributed by atoms with E-state index in [2.05, 4.69) is 20.3 Å². The molecule has 6 heteroatoms. The van der Waals surface area contributed by atoms with E-state index in [9.17, 15) is 8.78 Å². The van der Waals surface area contributed by atoms with Gasteiger partial charge in [-0.2, -0.15) is 0 Å². The summed E-state index contributed by atoms with van der Waals surface area (Å²) in [4.78, 5) is 11.3. The van der Waals surface area contributed by atoms with E-state index in [4.69, 9.17) is 0 Å². The number of rotatable bonds is 3. The lowest BCUT2D eigenvalue weighted by Crippen LogP contribution is -2.05. The zero-order valence-corrected chi connectivity index (χ0v) is 8.19. The van der Waals surface area contributed by atoms with E-state index in [1.165, 1.54) is 6.33 Å². The van der Waals surface area contributed by atoms with Crippen LogP contribution in [0.5, 0.6) is 0 Å². The summed E-state index contributed by atoms with van der Waals surface area (Å²) < 4.78 is 25.7. The van der Waals surface area contributed by atoms with Crippen molar-refractivity contribution in [2.75, 3.05) is 5.32 Å². The molecule has 0 atom stereocenters. The number of nitrogens with one attached hydrogen (secondary N) is 1. The normalized spacial score (nSPS) is 10.1. The molecule has 0 aliphatic rings. The van der Waals surface area contributed by atoms with Gasteiger partial charge < -0.3 is 5.32 Å². The zero-order chi connectivity index (χ0) is 11.4. The Hall–Kier alpha value is -2.11. The average Bonchev–Trinajstić information content (AvgIpc) is 2.29. The molecule has 0 fully saturated rings. The highest BCUT2D eigenvalue weighted by Crippen LogP contribution is 2.11. The highest BCUT2D eigenvalue weighted by atomic mass is 19.1. The number of aromatic nitrogens is 3. The Bertz CT molecular complexity index is 476. The lowest BCUT2D eigenvalue weighted by Gasteiger charge is -2.05. The summed E-state index contributed by atoms with van der Waals surface area (Å²) >= 11 is 0. The maximum Gasteiger partial charge on any atom is 0.168 e. The predicted molar refractivity (Wildman–Crippen MR) is 53.5 cm³/mol. The molecule has 82 valence electrons. The first-order chi connectivity index (χ1) is 7.75. The minimum absolute atomic E-state index is 0.0000113. The predicted octanol–water partition coefficient (Wildman–Crippen LogP) is 1.76.